The van der Waals surface area contributed by atoms with Crippen molar-refractivity contribution in [2.45, 2.75) is 6.04 Å². The zero-order valence-electron chi connectivity index (χ0n) is 12.1. The number of ether oxygens (including phenoxy) is 2. The van der Waals surface area contributed by atoms with Gasteiger partial charge in [-0.15, -0.1) is 0 Å². The summed E-state index contributed by atoms with van der Waals surface area (Å²) in [5.74, 6) is 0.597. The largest absolute Gasteiger partial charge is 0.497 e. The van der Waals surface area contributed by atoms with Gasteiger partial charge in [0.05, 0.1) is 20.3 Å². The number of halogens is 1. The molecule has 3 N–H and O–H groups in total. The second-order valence-corrected chi connectivity index (χ2v) is 4.56. The van der Waals surface area contributed by atoms with E-state index < -0.39 is 5.82 Å². The molecule has 0 saturated carbocycles. The lowest BCUT2D eigenvalue weighted by Gasteiger charge is -2.19. The van der Waals surface area contributed by atoms with Crippen LogP contribution in [0.15, 0.2) is 42.5 Å². The summed E-state index contributed by atoms with van der Waals surface area (Å²) in [6.45, 7) is 0.409. The minimum Gasteiger partial charge on any atom is -0.497 e. The maximum atomic E-state index is 13.4. The first kappa shape index (κ1) is 15.1. The number of rotatable bonds is 6. The van der Waals surface area contributed by atoms with E-state index in [9.17, 15) is 4.39 Å². The van der Waals surface area contributed by atoms with Crippen molar-refractivity contribution in [2.24, 2.45) is 5.73 Å². The predicted molar refractivity (Wildman–Crippen MR) is 81.4 cm³/mol. The lowest BCUT2D eigenvalue weighted by molar-refractivity contribution is 0.386. The summed E-state index contributed by atoms with van der Waals surface area (Å²) in [5, 5.41) is 3.27. The maximum Gasteiger partial charge on any atom is 0.165 e. The number of hydrogen-bond donors (Lipinski definition) is 2. The summed E-state index contributed by atoms with van der Waals surface area (Å²) >= 11 is 0. The molecule has 5 heteroatoms. The predicted octanol–water partition coefficient (Wildman–Crippen LogP) is 2.95. The Morgan fingerprint density at radius 3 is 2.38 bits per heavy atom. The highest BCUT2D eigenvalue weighted by atomic mass is 19.1. The number of nitrogens with one attached hydrogen (secondary N) is 1. The van der Waals surface area contributed by atoms with Crippen LogP contribution in [-0.4, -0.2) is 20.8 Å². The van der Waals surface area contributed by atoms with Crippen LogP contribution in [0.4, 0.5) is 10.1 Å². The molecule has 0 heterocycles. The van der Waals surface area contributed by atoms with Crippen LogP contribution < -0.4 is 20.5 Å². The van der Waals surface area contributed by atoms with Crippen molar-refractivity contribution in [1.82, 2.24) is 0 Å². The van der Waals surface area contributed by atoms with Crippen LogP contribution in [0, 0.1) is 5.82 Å². The molecule has 0 saturated heterocycles. The Bertz CT molecular complexity index is 587. The third kappa shape index (κ3) is 3.64. The highest BCUT2D eigenvalue weighted by molar-refractivity contribution is 5.50. The average molecular weight is 290 g/mol. The van der Waals surface area contributed by atoms with E-state index in [4.69, 9.17) is 15.2 Å². The normalized spacial score (nSPS) is 11.8. The fourth-order valence-corrected chi connectivity index (χ4v) is 2.07. The van der Waals surface area contributed by atoms with Crippen LogP contribution in [0.2, 0.25) is 0 Å². The summed E-state index contributed by atoms with van der Waals surface area (Å²) in [7, 11) is 3.06. The Labute approximate surface area is 123 Å². The number of anilines is 1. The molecule has 0 aliphatic rings. The zero-order chi connectivity index (χ0) is 15.2. The van der Waals surface area contributed by atoms with Gasteiger partial charge in [0.25, 0.3) is 0 Å². The molecule has 0 spiro atoms. The molecule has 2 aromatic carbocycles. The number of methoxy groups -OCH3 is 2. The van der Waals surface area contributed by atoms with E-state index in [-0.39, 0.29) is 11.8 Å². The van der Waals surface area contributed by atoms with Gasteiger partial charge in [0.2, 0.25) is 0 Å². The topological polar surface area (TPSA) is 56.5 Å². The van der Waals surface area contributed by atoms with Crippen LogP contribution >= 0.6 is 0 Å². The lowest BCUT2D eigenvalue weighted by atomic mass is 10.1. The van der Waals surface area contributed by atoms with Crippen LogP contribution in [-0.2, 0) is 0 Å². The quantitative estimate of drug-likeness (QED) is 0.859. The third-order valence-corrected chi connectivity index (χ3v) is 3.25. The van der Waals surface area contributed by atoms with Gasteiger partial charge in [-0.05, 0) is 29.8 Å². The van der Waals surface area contributed by atoms with Gasteiger partial charge in [-0.2, -0.15) is 0 Å². The van der Waals surface area contributed by atoms with Crippen molar-refractivity contribution in [3.8, 4) is 11.5 Å². The van der Waals surface area contributed by atoms with E-state index in [1.807, 2.05) is 24.3 Å². The Morgan fingerprint density at radius 2 is 1.81 bits per heavy atom. The van der Waals surface area contributed by atoms with E-state index >= 15 is 0 Å². The van der Waals surface area contributed by atoms with Crippen molar-refractivity contribution in [3.05, 3.63) is 53.8 Å². The minimum absolute atomic E-state index is 0.0777. The fourth-order valence-electron chi connectivity index (χ4n) is 2.07. The highest BCUT2D eigenvalue weighted by Gasteiger charge is 2.11. The number of hydrogen-bond acceptors (Lipinski definition) is 4. The van der Waals surface area contributed by atoms with E-state index in [0.717, 1.165) is 17.0 Å². The molecule has 0 fully saturated rings. The summed E-state index contributed by atoms with van der Waals surface area (Å²) in [5.41, 5.74) is 7.60. The van der Waals surface area contributed by atoms with Crippen molar-refractivity contribution in [2.75, 3.05) is 26.1 Å². The second kappa shape index (κ2) is 6.95. The van der Waals surface area contributed by atoms with Gasteiger partial charge in [0, 0.05) is 18.3 Å². The molecule has 2 aromatic rings. The van der Waals surface area contributed by atoms with Gasteiger partial charge in [-0.25, -0.2) is 4.39 Å². The summed E-state index contributed by atoms with van der Waals surface area (Å²) < 4.78 is 23.5. The SMILES string of the molecule is COc1ccc(C(CN)Nc2ccc(F)c(OC)c2)cc1. The van der Waals surface area contributed by atoms with Crippen molar-refractivity contribution in [1.29, 1.82) is 0 Å². The molecule has 0 radical (unpaired) electrons. The van der Waals surface area contributed by atoms with Gasteiger partial charge in [0.15, 0.2) is 11.6 Å². The van der Waals surface area contributed by atoms with E-state index in [2.05, 4.69) is 5.32 Å². The summed E-state index contributed by atoms with van der Waals surface area (Å²) in [6.07, 6.45) is 0. The van der Waals surface area contributed by atoms with Crippen LogP contribution in [0.3, 0.4) is 0 Å². The van der Waals surface area contributed by atoms with Crippen molar-refractivity contribution >= 4 is 5.69 Å². The van der Waals surface area contributed by atoms with E-state index in [1.165, 1.54) is 13.2 Å². The highest BCUT2D eigenvalue weighted by Crippen LogP contribution is 2.25. The molecular weight excluding hydrogens is 271 g/mol. The maximum absolute atomic E-state index is 13.4. The lowest BCUT2D eigenvalue weighted by Crippen LogP contribution is -2.20. The Kier molecular flexibility index (Phi) is 5.00. The first-order valence-electron chi connectivity index (χ1n) is 6.62. The molecule has 0 aromatic heterocycles. The van der Waals surface area contributed by atoms with Crippen molar-refractivity contribution < 1.29 is 13.9 Å². The van der Waals surface area contributed by atoms with E-state index in [0.29, 0.717) is 6.54 Å². The minimum atomic E-state index is -0.392. The zero-order valence-corrected chi connectivity index (χ0v) is 12.1. The van der Waals surface area contributed by atoms with Crippen LogP contribution in [0.25, 0.3) is 0 Å². The molecule has 0 amide bonds. The Morgan fingerprint density at radius 1 is 1.10 bits per heavy atom. The van der Waals surface area contributed by atoms with Gasteiger partial charge < -0.3 is 20.5 Å². The molecule has 0 aliphatic heterocycles. The molecule has 2 rings (SSSR count). The molecule has 1 atom stereocenters. The molecule has 1 unspecified atom stereocenters. The Hall–Kier alpha value is -2.27. The molecule has 0 bridgehead atoms. The fraction of sp³-hybridized carbons (Fsp3) is 0.250. The van der Waals surface area contributed by atoms with Gasteiger partial charge in [-0.3, -0.25) is 0 Å². The summed E-state index contributed by atoms with van der Waals surface area (Å²) in [6, 6.07) is 12.2. The number of nitrogens with two attached hydrogens (primary N) is 1. The third-order valence-electron chi connectivity index (χ3n) is 3.25. The summed E-state index contributed by atoms with van der Waals surface area (Å²) in [4.78, 5) is 0. The smallest absolute Gasteiger partial charge is 0.165 e. The first-order chi connectivity index (χ1) is 10.2. The van der Waals surface area contributed by atoms with Crippen LogP contribution in [0.1, 0.15) is 11.6 Å². The van der Waals surface area contributed by atoms with Gasteiger partial charge >= 0.3 is 0 Å². The van der Waals surface area contributed by atoms with E-state index in [1.54, 1.807) is 19.2 Å². The van der Waals surface area contributed by atoms with Gasteiger partial charge in [0.1, 0.15) is 5.75 Å². The standard InChI is InChI=1S/C16H19FN2O2/c1-20-13-6-3-11(4-7-13)15(10-18)19-12-5-8-14(17)16(9-12)21-2/h3-9,15,19H,10,18H2,1-2H3. The molecule has 112 valence electrons. The van der Waals surface area contributed by atoms with Crippen LogP contribution in [0.5, 0.6) is 11.5 Å². The molecular formula is C16H19FN2O2. The molecule has 0 aliphatic carbocycles. The Balaban J connectivity index is 2.18. The second-order valence-electron chi connectivity index (χ2n) is 4.56. The number of benzene rings is 2. The monoisotopic (exact) mass is 290 g/mol. The van der Waals surface area contributed by atoms with Crippen molar-refractivity contribution in [3.63, 3.8) is 0 Å². The molecule has 4 nitrogen and oxygen atoms in total. The molecule has 21 heavy (non-hydrogen) atoms. The first-order valence-corrected chi connectivity index (χ1v) is 6.62. The average Bonchev–Trinajstić information content (AvgIpc) is 2.54. The van der Waals surface area contributed by atoms with Gasteiger partial charge in [-0.1, -0.05) is 12.1 Å².